The van der Waals surface area contributed by atoms with Crippen LogP contribution >= 0.6 is 15.6 Å². The van der Waals surface area contributed by atoms with Gasteiger partial charge in [0.2, 0.25) is 0 Å². The number of phosphoric acid groups is 2. The number of phosphoric ester groups is 2. The highest BCUT2D eigenvalue weighted by Gasteiger charge is 2.30. The van der Waals surface area contributed by atoms with E-state index in [0.29, 0.717) is 31.6 Å². The quantitative estimate of drug-likeness (QED) is 0.0222. The molecule has 0 aromatic rings. The van der Waals surface area contributed by atoms with E-state index in [9.17, 15) is 43.2 Å². The van der Waals surface area contributed by atoms with Gasteiger partial charge in [0.1, 0.15) is 19.3 Å². The summed E-state index contributed by atoms with van der Waals surface area (Å²) in [6, 6.07) is 0. The van der Waals surface area contributed by atoms with Crippen LogP contribution in [-0.4, -0.2) is 96.7 Å². The van der Waals surface area contributed by atoms with E-state index in [4.69, 9.17) is 37.0 Å². The largest absolute Gasteiger partial charge is 0.472 e. The summed E-state index contributed by atoms with van der Waals surface area (Å²) in [6.07, 6.45) is 55.6. The Labute approximate surface area is 581 Å². The molecule has 0 aliphatic rings. The lowest BCUT2D eigenvalue weighted by Crippen LogP contribution is -2.30. The smallest absolute Gasteiger partial charge is 0.462 e. The zero-order valence-electron chi connectivity index (χ0n) is 62.0. The summed E-state index contributed by atoms with van der Waals surface area (Å²) in [7, 11) is -9.91. The van der Waals surface area contributed by atoms with Crippen LogP contribution in [0.4, 0.5) is 0 Å². The van der Waals surface area contributed by atoms with Crippen LogP contribution in [0.1, 0.15) is 395 Å². The first-order valence-corrected chi connectivity index (χ1v) is 42.5. The highest BCUT2D eigenvalue weighted by Crippen LogP contribution is 2.45. The standard InChI is InChI=1S/C76H148O17P2/c1-7-10-12-14-16-18-20-21-22-23-24-25-26-27-28-29-30-36-42-48-54-60-75(80)92-71(64-87-74(79)59-53-47-41-35-32-31-33-39-45-51-57-69(6)9-3)66-90-94(82,83)88-62-70(77)63-89-95(84,85)91-67-72(93-76(81)61-55-49-43-37-38-44-50-56-68(4)5)65-86-73(78)58-52-46-40-34-19-17-15-13-11-8-2/h68-72,77H,7-67H2,1-6H3,(H,82,83)(H,84,85)/t69?,70-,71-,72-/m1/s1. The molecule has 0 spiro atoms. The van der Waals surface area contributed by atoms with Gasteiger partial charge < -0.3 is 33.8 Å². The Balaban J connectivity index is 5.19. The molecule has 0 saturated heterocycles. The lowest BCUT2D eigenvalue weighted by atomic mass is 9.99. The van der Waals surface area contributed by atoms with E-state index >= 15 is 0 Å². The van der Waals surface area contributed by atoms with Crippen molar-refractivity contribution in [1.82, 2.24) is 0 Å². The molecule has 0 bridgehead atoms. The highest BCUT2D eigenvalue weighted by atomic mass is 31.2. The van der Waals surface area contributed by atoms with Crippen molar-refractivity contribution in [2.24, 2.45) is 11.8 Å². The van der Waals surface area contributed by atoms with Crippen molar-refractivity contribution < 1.29 is 80.2 Å². The molecule has 564 valence electrons. The maximum Gasteiger partial charge on any atom is 0.472 e. The normalized spacial score (nSPS) is 14.3. The van der Waals surface area contributed by atoms with Crippen molar-refractivity contribution in [2.75, 3.05) is 39.6 Å². The Morgan fingerprint density at radius 1 is 0.305 bits per heavy atom. The highest BCUT2D eigenvalue weighted by molar-refractivity contribution is 7.47. The monoisotopic (exact) mass is 1400 g/mol. The van der Waals surface area contributed by atoms with Crippen LogP contribution in [-0.2, 0) is 65.4 Å². The second-order valence-electron chi connectivity index (χ2n) is 28.1. The molecular formula is C76H148O17P2. The summed E-state index contributed by atoms with van der Waals surface area (Å²) in [6.45, 7) is 9.55. The molecule has 0 amide bonds. The topological polar surface area (TPSA) is 237 Å². The SMILES string of the molecule is CCCCCCCCCCCCCCCCCCCCCCCC(=O)O[C@H](COC(=O)CCCCCCCCCCCCC(C)CC)COP(=O)(O)OC[C@@H](O)COP(=O)(O)OC[C@@H](COC(=O)CCCCCCCCCCCC)OC(=O)CCCCCCCCCC(C)C. The van der Waals surface area contributed by atoms with E-state index in [1.165, 1.54) is 212 Å². The molecule has 3 N–H and O–H groups in total. The number of rotatable bonds is 75. The molecule has 6 atom stereocenters. The lowest BCUT2D eigenvalue weighted by molar-refractivity contribution is -0.161. The molecule has 0 saturated carbocycles. The fourth-order valence-electron chi connectivity index (χ4n) is 11.6. The molecule has 0 radical (unpaired) electrons. The van der Waals surface area contributed by atoms with E-state index in [-0.39, 0.29) is 25.7 Å². The van der Waals surface area contributed by atoms with Crippen LogP contribution in [0.15, 0.2) is 0 Å². The van der Waals surface area contributed by atoms with E-state index in [1.54, 1.807) is 0 Å². The number of unbranched alkanes of at least 4 members (excludes halogenated alkanes) is 44. The molecule has 0 aromatic carbocycles. The fourth-order valence-corrected chi connectivity index (χ4v) is 13.2. The Morgan fingerprint density at radius 2 is 0.537 bits per heavy atom. The summed E-state index contributed by atoms with van der Waals surface area (Å²) in [5, 5.41) is 10.6. The molecular weight excluding hydrogens is 1250 g/mol. The average Bonchev–Trinajstić information content (AvgIpc) is 1.52. The molecule has 0 aliphatic heterocycles. The number of aliphatic hydroxyl groups excluding tert-OH is 1. The molecule has 0 rings (SSSR count). The van der Waals surface area contributed by atoms with Gasteiger partial charge in [0, 0.05) is 25.7 Å². The molecule has 0 aliphatic carbocycles. The summed E-state index contributed by atoms with van der Waals surface area (Å²) >= 11 is 0. The predicted octanol–water partition coefficient (Wildman–Crippen LogP) is 22.3. The third kappa shape index (κ3) is 69.0. The Kier molecular flexibility index (Phi) is 66.5. The molecule has 95 heavy (non-hydrogen) atoms. The van der Waals surface area contributed by atoms with Gasteiger partial charge in [-0.15, -0.1) is 0 Å². The summed E-state index contributed by atoms with van der Waals surface area (Å²) < 4.78 is 68.5. The Bertz CT molecular complexity index is 1840. The maximum atomic E-state index is 13.1. The summed E-state index contributed by atoms with van der Waals surface area (Å²) in [5.41, 5.74) is 0. The Hall–Kier alpha value is -1.94. The number of esters is 4. The van der Waals surface area contributed by atoms with Gasteiger partial charge in [-0.3, -0.25) is 37.3 Å². The fraction of sp³-hybridized carbons (Fsp3) is 0.947. The first kappa shape index (κ1) is 93.1. The zero-order valence-corrected chi connectivity index (χ0v) is 63.8. The molecule has 19 heteroatoms. The minimum Gasteiger partial charge on any atom is -0.462 e. The second kappa shape index (κ2) is 67.9. The van der Waals surface area contributed by atoms with Gasteiger partial charge in [-0.1, -0.05) is 343 Å². The third-order valence-corrected chi connectivity index (χ3v) is 20.0. The van der Waals surface area contributed by atoms with Crippen molar-refractivity contribution >= 4 is 39.5 Å². The van der Waals surface area contributed by atoms with Gasteiger partial charge in [0.25, 0.3) is 0 Å². The zero-order chi connectivity index (χ0) is 70.0. The van der Waals surface area contributed by atoms with Gasteiger partial charge in [0.15, 0.2) is 12.2 Å². The minimum absolute atomic E-state index is 0.104. The average molecular weight is 1400 g/mol. The van der Waals surface area contributed by atoms with Crippen molar-refractivity contribution in [3.8, 4) is 0 Å². The number of carbonyl (C=O) groups is 4. The van der Waals surface area contributed by atoms with Gasteiger partial charge in [0.05, 0.1) is 26.4 Å². The van der Waals surface area contributed by atoms with Gasteiger partial charge in [-0.2, -0.15) is 0 Å². The minimum atomic E-state index is -4.96. The molecule has 3 unspecified atom stereocenters. The van der Waals surface area contributed by atoms with Crippen LogP contribution < -0.4 is 0 Å². The summed E-state index contributed by atoms with van der Waals surface area (Å²) in [4.78, 5) is 72.7. The van der Waals surface area contributed by atoms with Crippen LogP contribution in [0.3, 0.4) is 0 Å². The predicted molar refractivity (Wildman–Crippen MR) is 386 cm³/mol. The van der Waals surface area contributed by atoms with Gasteiger partial charge >= 0.3 is 39.5 Å². The Morgan fingerprint density at radius 3 is 0.800 bits per heavy atom. The maximum absolute atomic E-state index is 13.1. The van der Waals surface area contributed by atoms with Gasteiger partial charge in [-0.25, -0.2) is 9.13 Å². The number of ether oxygens (including phenoxy) is 4. The number of hydrogen-bond donors (Lipinski definition) is 3. The van der Waals surface area contributed by atoms with Crippen molar-refractivity contribution in [2.45, 2.75) is 413 Å². The van der Waals surface area contributed by atoms with Crippen molar-refractivity contribution in [3.63, 3.8) is 0 Å². The van der Waals surface area contributed by atoms with Crippen molar-refractivity contribution in [3.05, 3.63) is 0 Å². The first-order valence-electron chi connectivity index (χ1n) is 39.5. The number of carbonyl (C=O) groups excluding carboxylic acids is 4. The van der Waals surface area contributed by atoms with Gasteiger partial charge in [-0.05, 0) is 37.5 Å². The molecule has 0 aromatic heterocycles. The lowest BCUT2D eigenvalue weighted by Gasteiger charge is -2.21. The van der Waals surface area contributed by atoms with Crippen molar-refractivity contribution in [1.29, 1.82) is 0 Å². The first-order chi connectivity index (χ1) is 45.9. The second-order valence-corrected chi connectivity index (χ2v) is 31.0. The van der Waals surface area contributed by atoms with E-state index in [2.05, 4.69) is 41.5 Å². The van der Waals surface area contributed by atoms with Crippen LogP contribution in [0.5, 0.6) is 0 Å². The van der Waals surface area contributed by atoms with E-state index < -0.39 is 97.5 Å². The van der Waals surface area contributed by atoms with Crippen LogP contribution in [0.25, 0.3) is 0 Å². The molecule has 0 fully saturated rings. The van der Waals surface area contributed by atoms with E-state index in [1.807, 2.05) is 0 Å². The number of aliphatic hydroxyl groups is 1. The number of hydrogen-bond acceptors (Lipinski definition) is 15. The molecule has 17 nitrogen and oxygen atoms in total. The van der Waals surface area contributed by atoms with Crippen LogP contribution in [0.2, 0.25) is 0 Å². The summed E-state index contributed by atoms with van der Waals surface area (Å²) in [5.74, 6) is -0.614. The van der Waals surface area contributed by atoms with E-state index in [0.717, 1.165) is 95.8 Å². The molecule has 0 heterocycles. The van der Waals surface area contributed by atoms with Crippen LogP contribution in [0, 0.1) is 11.8 Å². The third-order valence-electron chi connectivity index (χ3n) is 18.1.